The van der Waals surface area contributed by atoms with Crippen LogP contribution < -0.4 is 10.6 Å². The van der Waals surface area contributed by atoms with Gasteiger partial charge in [0.05, 0.1) is 6.04 Å². The zero-order chi connectivity index (χ0) is 13.7. The molecule has 0 heterocycles. The largest absolute Gasteiger partial charge is 0.324 e. The number of nitrogens with one attached hydrogen (secondary N) is 2. The maximum atomic E-state index is 12.1. The Morgan fingerprint density at radius 3 is 2.60 bits per heavy atom. The molecule has 4 heteroatoms. The van der Waals surface area contributed by atoms with E-state index >= 15 is 0 Å². The molecule has 0 radical (unpaired) electrons. The molecule has 0 aliphatic rings. The van der Waals surface area contributed by atoms with Crippen molar-refractivity contribution in [3.63, 3.8) is 0 Å². The van der Waals surface area contributed by atoms with Gasteiger partial charge in [0, 0.05) is 11.1 Å². The van der Waals surface area contributed by atoms with Crippen LogP contribution in [0.1, 0.15) is 20.3 Å². The van der Waals surface area contributed by atoms with Crippen molar-refractivity contribution in [2.75, 3.05) is 11.9 Å². The molecule has 1 unspecified atom stereocenters. The van der Waals surface area contributed by atoms with Gasteiger partial charge in [-0.1, -0.05) is 43.3 Å². The van der Waals surface area contributed by atoms with E-state index in [1.807, 2.05) is 49.4 Å². The van der Waals surface area contributed by atoms with E-state index in [9.17, 15) is 4.79 Å². The van der Waals surface area contributed by atoms with Gasteiger partial charge in [0.1, 0.15) is 0 Å². The van der Waals surface area contributed by atoms with Crippen molar-refractivity contribution in [3.05, 3.63) is 42.5 Å². The minimum atomic E-state index is -0.182. The summed E-state index contributed by atoms with van der Waals surface area (Å²) in [6.07, 6.45) is 1.02. The molecule has 0 aliphatic carbocycles. The Morgan fingerprint density at radius 1 is 1.15 bits per heavy atom. The van der Waals surface area contributed by atoms with Crippen molar-refractivity contribution in [1.82, 2.24) is 5.32 Å². The fourth-order valence-corrected chi connectivity index (χ4v) is 2.03. The van der Waals surface area contributed by atoms with Gasteiger partial charge in [-0.3, -0.25) is 4.79 Å². The summed E-state index contributed by atoms with van der Waals surface area (Å²) in [7, 11) is 0. The molecule has 0 saturated heterocycles. The van der Waals surface area contributed by atoms with Gasteiger partial charge in [0.25, 0.3) is 0 Å². The van der Waals surface area contributed by atoms with Crippen molar-refractivity contribution in [2.45, 2.75) is 26.3 Å². The van der Waals surface area contributed by atoms with Crippen LogP contribution >= 0.6 is 12.4 Å². The summed E-state index contributed by atoms with van der Waals surface area (Å²) in [5.74, 6) is 0.00445. The highest BCUT2D eigenvalue weighted by Gasteiger charge is 2.12. The molecule has 20 heavy (non-hydrogen) atoms. The molecule has 0 bridgehead atoms. The number of fused-ring (bicyclic) bond motifs is 1. The van der Waals surface area contributed by atoms with Gasteiger partial charge in [0.2, 0.25) is 5.91 Å². The molecule has 2 rings (SSSR count). The predicted molar refractivity (Wildman–Crippen MR) is 87.6 cm³/mol. The van der Waals surface area contributed by atoms with E-state index in [4.69, 9.17) is 0 Å². The molecule has 0 saturated carbocycles. The summed E-state index contributed by atoms with van der Waals surface area (Å²) in [6.45, 7) is 4.82. The van der Waals surface area contributed by atoms with Crippen LogP contribution in [0.2, 0.25) is 0 Å². The number of carbonyl (C=O) groups is 1. The quantitative estimate of drug-likeness (QED) is 0.884. The van der Waals surface area contributed by atoms with Crippen molar-refractivity contribution in [3.8, 4) is 0 Å². The van der Waals surface area contributed by atoms with Crippen LogP contribution in [0.15, 0.2) is 42.5 Å². The Balaban J connectivity index is 0.00000200. The molecule has 0 spiro atoms. The second-order valence-corrected chi connectivity index (χ2v) is 4.69. The predicted octanol–water partition coefficient (Wildman–Crippen LogP) is 3.59. The lowest BCUT2D eigenvalue weighted by atomic mass is 10.1. The highest BCUT2D eigenvalue weighted by molar-refractivity contribution is 6.03. The molecule has 0 aliphatic heterocycles. The Kier molecular flexibility index (Phi) is 6.49. The molecule has 3 nitrogen and oxygen atoms in total. The fraction of sp³-hybridized carbons (Fsp3) is 0.312. The van der Waals surface area contributed by atoms with E-state index in [-0.39, 0.29) is 24.4 Å². The van der Waals surface area contributed by atoms with Gasteiger partial charge in [-0.2, -0.15) is 0 Å². The molecule has 2 aromatic carbocycles. The van der Waals surface area contributed by atoms with E-state index < -0.39 is 0 Å². The maximum Gasteiger partial charge on any atom is 0.241 e. The normalized spacial score (nSPS) is 11.7. The Labute approximate surface area is 126 Å². The molecule has 1 amide bonds. The van der Waals surface area contributed by atoms with Gasteiger partial charge < -0.3 is 10.6 Å². The summed E-state index contributed by atoms with van der Waals surface area (Å²) in [5.41, 5.74) is 0.869. The third kappa shape index (κ3) is 3.95. The van der Waals surface area contributed by atoms with E-state index in [1.54, 1.807) is 0 Å². The highest BCUT2D eigenvalue weighted by Crippen LogP contribution is 2.22. The Hall–Kier alpha value is -1.58. The third-order valence-corrected chi connectivity index (χ3v) is 3.14. The number of carbonyl (C=O) groups excluding carboxylic acids is 1. The molecular formula is C16H21ClN2O. The molecule has 1 atom stereocenters. The molecule has 108 valence electrons. The van der Waals surface area contributed by atoms with Gasteiger partial charge in [-0.25, -0.2) is 0 Å². The number of rotatable bonds is 5. The lowest BCUT2D eigenvalue weighted by Gasteiger charge is -2.14. The zero-order valence-corrected chi connectivity index (χ0v) is 12.7. The lowest BCUT2D eigenvalue weighted by Crippen LogP contribution is -2.38. The van der Waals surface area contributed by atoms with Gasteiger partial charge in [-0.15, -0.1) is 12.4 Å². The number of hydrogen-bond donors (Lipinski definition) is 2. The van der Waals surface area contributed by atoms with Crippen LogP contribution in [0, 0.1) is 0 Å². The summed E-state index contributed by atoms with van der Waals surface area (Å²) in [6, 6.07) is 13.8. The second kappa shape index (κ2) is 7.88. The highest BCUT2D eigenvalue weighted by atomic mass is 35.5. The molecule has 0 fully saturated rings. The summed E-state index contributed by atoms with van der Waals surface area (Å²) >= 11 is 0. The topological polar surface area (TPSA) is 41.1 Å². The van der Waals surface area contributed by atoms with Crippen molar-refractivity contribution in [1.29, 1.82) is 0 Å². The molecular weight excluding hydrogens is 272 g/mol. The molecule has 2 aromatic rings. The number of hydrogen-bond acceptors (Lipinski definition) is 2. The van der Waals surface area contributed by atoms with Crippen LogP contribution in [0.4, 0.5) is 5.69 Å². The van der Waals surface area contributed by atoms with E-state index in [0.717, 1.165) is 29.4 Å². The van der Waals surface area contributed by atoms with Crippen molar-refractivity contribution >= 4 is 34.8 Å². The van der Waals surface area contributed by atoms with E-state index in [2.05, 4.69) is 17.6 Å². The summed E-state index contributed by atoms with van der Waals surface area (Å²) in [4.78, 5) is 12.1. The number of amides is 1. The first kappa shape index (κ1) is 16.5. The first-order valence-electron chi connectivity index (χ1n) is 6.74. The van der Waals surface area contributed by atoms with Crippen LogP contribution in [-0.2, 0) is 4.79 Å². The standard InChI is InChI=1S/C16H20N2O.ClH/c1-3-11-17-12(2)16(19)18-15-10-6-8-13-7-4-5-9-14(13)15;/h4-10,12,17H,3,11H2,1-2H3,(H,18,19);1H. The SMILES string of the molecule is CCCNC(C)C(=O)Nc1cccc2ccccc12.Cl. The first-order valence-corrected chi connectivity index (χ1v) is 6.74. The van der Waals surface area contributed by atoms with Crippen LogP contribution in [0.25, 0.3) is 10.8 Å². The van der Waals surface area contributed by atoms with Gasteiger partial charge in [0.15, 0.2) is 0 Å². The number of anilines is 1. The van der Waals surface area contributed by atoms with E-state index in [0.29, 0.717) is 0 Å². The summed E-state index contributed by atoms with van der Waals surface area (Å²) < 4.78 is 0. The smallest absolute Gasteiger partial charge is 0.241 e. The van der Waals surface area contributed by atoms with Crippen LogP contribution in [0.5, 0.6) is 0 Å². The van der Waals surface area contributed by atoms with Gasteiger partial charge in [-0.05, 0) is 31.3 Å². The monoisotopic (exact) mass is 292 g/mol. The van der Waals surface area contributed by atoms with E-state index in [1.165, 1.54) is 0 Å². The van der Waals surface area contributed by atoms with Crippen LogP contribution in [-0.4, -0.2) is 18.5 Å². The molecule has 2 N–H and O–H groups in total. The summed E-state index contributed by atoms with van der Waals surface area (Å²) in [5, 5.41) is 8.38. The Bertz CT molecular complexity index is 566. The first-order chi connectivity index (χ1) is 9.22. The lowest BCUT2D eigenvalue weighted by molar-refractivity contribution is -0.117. The minimum Gasteiger partial charge on any atom is -0.324 e. The zero-order valence-electron chi connectivity index (χ0n) is 11.8. The minimum absolute atomic E-state index is 0. The average molecular weight is 293 g/mol. The van der Waals surface area contributed by atoms with Gasteiger partial charge >= 0.3 is 0 Å². The van der Waals surface area contributed by atoms with Crippen molar-refractivity contribution in [2.24, 2.45) is 0 Å². The fourth-order valence-electron chi connectivity index (χ4n) is 2.03. The molecule has 0 aromatic heterocycles. The average Bonchev–Trinajstić information content (AvgIpc) is 2.45. The third-order valence-electron chi connectivity index (χ3n) is 3.14. The second-order valence-electron chi connectivity index (χ2n) is 4.69. The number of halogens is 1. The Morgan fingerprint density at radius 2 is 1.85 bits per heavy atom. The maximum absolute atomic E-state index is 12.1. The number of benzene rings is 2. The van der Waals surface area contributed by atoms with Crippen molar-refractivity contribution < 1.29 is 4.79 Å². The van der Waals surface area contributed by atoms with Crippen LogP contribution in [0.3, 0.4) is 0 Å².